The zero-order chi connectivity index (χ0) is 13.1. The molecule has 0 amide bonds. The molecule has 0 aromatic carbocycles. The number of alkyl halides is 2. The minimum atomic E-state index is -4.75. The van der Waals surface area contributed by atoms with Gasteiger partial charge in [0.25, 0.3) is 10.0 Å². The van der Waals surface area contributed by atoms with Crippen LogP contribution in [0.5, 0.6) is 0 Å². The maximum absolute atomic E-state index is 12.4. The smallest absolute Gasteiger partial charge is 0.350 e. The summed E-state index contributed by atoms with van der Waals surface area (Å²) in [6.07, 6.45) is 0. The van der Waals surface area contributed by atoms with Crippen LogP contribution in [0, 0.1) is 0 Å². The molecule has 0 radical (unpaired) electrons. The van der Waals surface area contributed by atoms with Crippen molar-refractivity contribution in [1.82, 2.24) is 9.62 Å². The average Bonchev–Trinajstić information content (AvgIpc) is 2.29. The number of ether oxygens (including phenoxy) is 1. The Hall–Kier alpha value is -0.800. The predicted molar refractivity (Wildman–Crippen MR) is 54.9 cm³/mol. The van der Waals surface area contributed by atoms with Gasteiger partial charge < -0.3 is 10.1 Å². The first-order valence-corrected chi connectivity index (χ1v) is 6.57. The molecule has 0 aliphatic carbocycles. The molecule has 1 aliphatic rings. The number of nitrogens with zero attached hydrogens (tertiary/aromatic N) is 1. The van der Waals surface area contributed by atoms with Crippen molar-refractivity contribution in [2.45, 2.75) is 18.7 Å². The Balaban J connectivity index is 2.90. The normalized spacial score (nSPS) is 22.7. The Morgan fingerprint density at radius 3 is 2.76 bits per heavy atom. The second-order valence-corrected chi connectivity index (χ2v) is 5.24. The second kappa shape index (κ2) is 5.69. The second-order valence-electron chi connectivity index (χ2n) is 3.39. The van der Waals surface area contributed by atoms with E-state index in [0.717, 1.165) is 0 Å². The Bertz CT molecular complexity index is 374. The lowest BCUT2D eigenvalue weighted by Gasteiger charge is -2.32. The number of carbonyl (C=O) groups excluding carboxylic acids is 1. The number of hydrogen-bond donors (Lipinski definition) is 1. The molecule has 1 atom stereocenters. The van der Waals surface area contributed by atoms with Gasteiger partial charge in [0.15, 0.2) is 0 Å². The molecule has 1 aliphatic heterocycles. The summed E-state index contributed by atoms with van der Waals surface area (Å²) in [5.74, 6) is -4.35. The summed E-state index contributed by atoms with van der Waals surface area (Å²) in [6, 6.07) is -1.22. The van der Waals surface area contributed by atoms with Gasteiger partial charge in [0.05, 0.1) is 6.61 Å². The standard InChI is InChI=1S/C8H14F2N2O4S/c1-2-16-7(13)6-5-11-3-4-12(6)17(14,15)8(9)10/h6,8,11H,2-5H2,1H3. The van der Waals surface area contributed by atoms with Gasteiger partial charge in [0, 0.05) is 19.6 Å². The fraction of sp³-hybridized carbons (Fsp3) is 0.875. The van der Waals surface area contributed by atoms with Crippen LogP contribution in [0.15, 0.2) is 0 Å². The number of carbonyl (C=O) groups is 1. The summed E-state index contributed by atoms with van der Waals surface area (Å²) in [5, 5.41) is 2.76. The Morgan fingerprint density at radius 2 is 2.24 bits per heavy atom. The molecule has 0 spiro atoms. The van der Waals surface area contributed by atoms with Gasteiger partial charge >= 0.3 is 11.7 Å². The summed E-state index contributed by atoms with van der Waals surface area (Å²) in [5.41, 5.74) is 0. The molecule has 100 valence electrons. The summed E-state index contributed by atoms with van der Waals surface area (Å²) in [6.45, 7) is 1.65. The number of hydrogen-bond acceptors (Lipinski definition) is 5. The molecular weight excluding hydrogens is 258 g/mol. The van der Waals surface area contributed by atoms with Crippen LogP contribution in [0.3, 0.4) is 0 Å². The van der Waals surface area contributed by atoms with E-state index in [1.807, 2.05) is 0 Å². The molecule has 1 rings (SSSR count). The molecular formula is C8H14F2N2O4S. The van der Waals surface area contributed by atoms with Crippen molar-refractivity contribution < 1.29 is 26.7 Å². The van der Waals surface area contributed by atoms with Crippen molar-refractivity contribution in [2.24, 2.45) is 0 Å². The number of sulfonamides is 1. The largest absolute Gasteiger partial charge is 0.465 e. The van der Waals surface area contributed by atoms with E-state index in [2.05, 4.69) is 10.1 Å². The first kappa shape index (κ1) is 14.3. The highest BCUT2D eigenvalue weighted by Gasteiger charge is 2.42. The molecule has 0 saturated carbocycles. The molecule has 1 N–H and O–H groups in total. The molecule has 1 saturated heterocycles. The van der Waals surface area contributed by atoms with Crippen molar-refractivity contribution in [2.75, 3.05) is 26.2 Å². The third-order valence-corrected chi connectivity index (χ3v) is 3.85. The lowest BCUT2D eigenvalue weighted by molar-refractivity contribution is -0.148. The lowest BCUT2D eigenvalue weighted by Crippen LogP contribution is -2.58. The summed E-state index contributed by atoms with van der Waals surface area (Å²) in [4.78, 5) is 11.5. The number of nitrogens with one attached hydrogen (secondary N) is 1. The van der Waals surface area contributed by atoms with E-state index in [1.165, 1.54) is 0 Å². The van der Waals surface area contributed by atoms with Crippen LogP contribution in [0.25, 0.3) is 0 Å². The van der Waals surface area contributed by atoms with Gasteiger partial charge in [-0.3, -0.25) is 4.79 Å². The summed E-state index contributed by atoms with van der Waals surface area (Å²) >= 11 is 0. The van der Waals surface area contributed by atoms with Crippen LogP contribution in [0.1, 0.15) is 6.92 Å². The quantitative estimate of drug-likeness (QED) is 0.690. The van der Waals surface area contributed by atoms with Gasteiger partial charge in [-0.2, -0.15) is 13.1 Å². The van der Waals surface area contributed by atoms with Gasteiger partial charge in [-0.25, -0.2) is 8.42 Å². The average molecular weight is 272 g/mol. The topological polar surface area (TPSA) is 75.7 Å². The van der Waals surface area contributed by atoms with E-state index in [-0.39, 0.29) is 26.2 Å². The Labute approximate surface area is 98.0 Å². The third-order valence-electron chi connectivity index (χ3n) is 2.30. The van der Waals surface area contributed by atoms with Gasteiger partial charge in [-0.15, -0.1) is 0 Å². The van der Waals surface area contributed by atoms with Crippen LogP contribution in [0.2, 0.25) is 0 Å². The summed E-state index contributed by atoms with van der Waals surface area (Å²) in [7, 11) is -4.75. The van der Waals surface area contributed by atoms with Crippen molar-refractivity contribution in [1.29, 1.82) is 0 Å². The van der Waals surface area contributed by atoms with E-state index in [9.17, 15) is 22.0 Å². The molecule has 9 heteroatoms. The van der Waals surface area contributed by atoms with Crippen molar-refractivity contribution in [3.63, 3.8) is 0 Å². The van der Waals surface area contributed by atoms with Crippen molar-refractivity contribution in [3.05, 3.63) is 0 Å². The number of piperazine rings is 1. The highest BCUT2D eigenvalue weighted by Crippen LogP contribution is 2.17. The van der Waals surface area contributed by atoms with Gasteiger partial charge in [-0.1, -0.05) is 0 Å². The SMILES string of the molecule is CCOC(=O)C1CNCCN1S(=O)(=O)C(F)F. The maximum atomic E-state index is 12.4. The monoisotopic (exact) mass is 272 g/mol. The van der Waals surface area contributed by atoms with E-state index in [0.29, 0.717) is 4.31 Å². The van der Waals surface area contributed by atoms with E-state index >= 15 is 0 Å². The van der Waals surface area contributed by atoms with Gasteiger partial charge in [-0.05, 0) is 6.92 Å². The van der Waals surface area contributed by atoms with Crippen LogP contribution in [-0.2, 0) is 19.6 Å². The molecule has 17 heavy (non-hydrogen) atoms. The van der Waals surface area contributed by atoms with Crippen LogP contribution in [0.4, 0.5) is 8.78 Å². The first-order valence-electron chi connectivity index (χ1n) is 5.07. The Kier molecular flexibility index (Phi) is 4.78. The molecule has 1 heterocycles. The molecule has 6 nitrogen and oxygen atoms in total. The highest BCUT2D eigenvalue weighted by molar-refractivity contribution is 7.89. The summed E-state index contributed by atoms with van der Waals surface area (Å²) < 4.78 is 52.7. The van der Waals surface area contributed by atoms with Crippen LogP contribution < -0.4 is 5.32 Å². The molecule has 0 aromatic heterocycles. The molecule has 0 bridgehead atoms. The zero-order valence-corrected chi connectivity index (χ0v) is 10.0. The number of halogens is 2. The zero-order valence-electron chi connectivity index (χ0n) is 9.23. The van der Waals surface area contributed by atoms with E-state index in [4.69, 9.17) is 0 Å². The first-order chi connectivity index (χ1) is 7.91. The lowest BCUT2D eigenvalue weighted by atomic mass is 10.2. The fourth-order valence-electron chi connectivity index (χ4n) is 1.53. The van der Waals surface area contributed by atoms with Crippen molar-refractivity contribution >= 4 is 16.0 Å². The van der Waals surface area contributed by atoms with E-state index in [1.54, 1.807) is 6.92 Å². The van der Waals surface area contributed by atoms with Gasteiger partial charge in [0.1, 0.15) is 6.04 Å². The highest BCUT2D eigenvalue weighted by atomic mass is 32.2. The Morgan fingerprint density at radius 1 is 1.59 bits per heavy atom. The molecule has 0 aromatic rings. The molecule has 1 unspecified atom stereocenters. The van der Waals surface area contributed by atoms with Crippen LogP contribution in [-0.4, -0.2) is 56.7 Å². The molecule has 1 fully saturated rings. The van der Waals surface area contributed by atoms with Crippen LogP contribution >= 0.6 is 0 Å². The predicted octanol–water partition coefficient (Wildman–Crippen LogP) is -0.624. The van der Waals surface area contributed by atoms with Crippen molar-refractivity contribution in [3.8, 4) is 0 Å². The minimum absolute atomic E-state index is 0.0230. The van der Waals surface area contributed by atoms with Gasteiger partial charge in [0.2, 0.25) is 0 Å². The van der Waals surface area contributed by atoms with E-state index < -0.39 is 27.8 Å². The third kappa shape index (κ3) is 3.11. The maximum Gasteiger partial charge on any atom is 0.350 e. The number of rotatable bonds is 4. The minimum Gasteiger partial charge on any atom is -0.465 e. The number of esters is 1. The fourth-order valence-corrected chi connectivity index (χ4v) is 2.60.